The molecule has 4 aromatic rings. The third-order valence-corrected chi connectivity index (χ3v) is 8.11. The highest BCUT2D eigenvalue weighted by Gasteiger charge is 2.42. The smallest absolute Gasteiger partial charge is 0.229 e. The van der Waals surface area contributed by atoms with Gasteiger partial charge in [0.1, 0.15) is 5.75 Å². The number of hydrogen-bond acceptors (Lipinski definition) is 5. The van der Waals surface area contributed by atoms with Crippen molar-refractivity contribution in [3.05, 3.63) is 100 Å². The van der Waals surface area contributed by atoms with Gasteiger partial charge in [-0.3, -0.25) is 9.71 Å². The second-order valence-electron chi connectivity index (χ2n) is 9.40. The molecule has 3 heterocycles. The first-order valence-corrected chi connectivity index (χ1v) is 15.3. The van der Waals surface area contributed by atoms with Crippen LogP contribution >= 0.6 is 28.1 Å². The summed E-state index contributed by atoms with van der Waals surface area (Å²) in [6.07, 6.45) is 2.88. The van der Waals surface area contributed by atoms with Crippen LogP contribution in [-0.4, -0.2) is 36.4 Å². The van der Waals surface area contributed by atoms with Crippen molar-refractivity contribution in [3.63, 3.8) is 0 Å². The molecule has 0 radical (unpaired) electrons. The fraction of sp³-hybridized carbons (Fsp3) is 0.214. The Morgan fingerprint density at radius 2 is 1.85 bits per heavy atom. The maximum absolute atomic E-state index is 12.1. The number of thiocarbonyl (C=S) groups is 1. The number of rotatable bonds is 7. The van der Waals surface area contributed by atoms with E-state index in [1.54, 1.807) is 18.3 Å². The molecule has 2 aromatic carbocycles. The molecule has 39 heavy (non-hydrogen) atoms. The van der Waals surface area contributed by atoms with Gasteiger partial charge < -0.3 is 19.5 Å². The minimum atomic E-state index is -3.54. The highest BCUT2D eigenvalue weighted by molar-refractivity contribution is 9.10. The fourth-order valence-electron chi connectivity index (χ4n) is 5.17. The third kappa shape index (κ3) is 5.39. The van der Waals surface area contributed by atoms with Gasteiger partial charge >= 0.3 is 0 Å². The highest BCUT2D eigenvalue weighted by Crippen LogP contribution is 2.45. The Morgan fingerprint density at radius 1 is 1.05 bits per heavy atom. The standard InChI is InChI=1S/C28H28BrN5O3S2/c1-17-14-22(18(2)33(17)20-9-7-8-19(29)15-20)27-26(23-10-5-6-13-30-23)31-28(38)34(27)21-11-12-25(37-3)24(16-21)32-39(4,35)36/h5-16,26-27,32H,1-4H3,(H,31,38)/t26-,27-/m0/s1. The number of anilines is 2. The first-order chi connectivity index (χ1) is 18.6. The summed E-state index contributed by atoms with van der Waals surface area (Å²) >= 11 is 9.48. The quantitative estimate of drug-likeness (QED) is 0.251. The maximum Gasteiger partial charge on any atom is 0.229 e. The number of hydrogen-bond donors (Lipinski definition) is 2. The average molecular weight is 627 g/mol. The van der Waals surface area contributed by atoms with Crippen LogP contribution in [0.5, 0.6) is 5.75 Å². The molecule has 0 unspecified atom stereocenters. The largest absolute Gasteiger partial charge is 0.495 e. The van der Waals surface area contributed by atoms with Crippen molar-refractivity contribution in [2.24, 2.45) is 0 Å². The van der Waals surface area contributed by atoms with E-state index in [1.807, 2.05) is 41.3 Å². The van der Waals surface area contributed by atoms with Crippen LogP contribution in [0.3, 0.4) is 0 Å². The van der Waals surface area contributed by atoms with E-state index >= 15 is 0 Å². The van der Waals surface area contributed by atoms with Crippen molar-refractivity contribution in [2.45, 2.75) is 25.9 Å². The number of aromatic nitrogens is 2. The van der Waals surface area contributed by atoms with Gasteiger partial charge in [-0.1, -0.05) is 28.1 Å². The molecular weight excluding hydrogens is 598 g/mol. The zero-order valence-corrected chi connectivity index (χ0v) is 25.1. The molecule has 0 saturated carbocycles. The lowest BCUT2D eigenvalue weighted by atomic mass is 9.96. The van der Waals surface area contributed by atoms with Crippen molar-refractivity contribution in [1.82, 2.24) is 14.9 Å². The predicted molar refractivity (Wildman–Crippen MR) is 162 cm³/mol. The third-order valence-electron chi connectivity index (χ3n) is 6.71. The van der Waals surface area contributed by atoms with E-state index in [9.17, 15) is 8.42 Å². The molecule has 1 saturated heterocycles. The zero-order chi connectivity index (χ0) is 27.9. The molecule has 2 aromatic heterocycles. The summed E-state index contributed by atoms with van der Waals surface area (Å²) in [7, 11) is -2.04. The van der Waals surface area contributed by atoms with E-state index < -0.39 is 10.0 Å². The normalized spacial score (nSPS) is 17.3. The van der Waals surface area contributed by atoms with Gasteiger partial charge in [0.2, 0.25) is 10.0 Å². The number of aryl methyl sites for hydroxylation is 1. The Labute approximate surface area is 242 Å². The summed E-state index contributed by atoms with van der Waals surface area (Å²) in [6, 6.07) is 21.0. The van der Waals surface area contributed by atoms with Gasteiger partial charge in [0, 0.05) is 33.4 Å². The van der Waals surface area contributed by atoms with E-state index in [0.29, 0.717) is 16.5 Å². The number of methoxy groups -OCH3 is 1. The van der Waals surface area contributed by atoms with Crippen molar-refractivity contribution in [1.29, 1.82) is 0 Å². The minimum absolute atomic E-state index is 0.247. The van der Waals surface area contributed by atoms with Crippen LogP contribution < -0.4 is 19.7 Å². The number of nitrogens with zero attached hydrogens (tertiary/aromatic N) is 3. The predicted octanol–water partition coefficient (Wildman–Crippen LogP) is 5.81. The van der Waals surface area contributed by atoms with Crippen LogP contribution in [0.1, 0.15) is 34.7 Å². The number of nitrogens with one attached hydrogen (secondary N) is 2. The molecule has 0 bridgehead atoms. The summed E-state index contributed by atoms with van der Waals surface area (Å²) in [5, 5.41) is 3.99. The minimum Gasteiger partial charge on any atom is -0.495 e. The Kier molecular flexibility index (Phi) is 7.41. The molecule has 202 valence electrons. The second-order valence-corrected chi connectivity index (χ2v) is 12.4. The van der Waals surface area contributed by atoms with E-state index in [4.69, 9.17) is 17.0 Å². The lowest BCUT2D eigenvalue weighted by Crippen LogP contribution is -2.29. The molecule has 2 atom stereocenters. The number of sulfonamides is 1. The molecule has 0 amide bonds. The number of pyridine rings is 1. The molecule has 2 N–H and O–H groups in total. The molecular formula is C28H28BrN5O3S2. The maximum atomic E-state index is 12.1. The summed E-state index contributed by atoms with van der Waals surface area (Å²) in [4.78, 5) is 6.67. The Morgan fingerprint density at radius 3 is 2.51 bits per heavy atom. The number of ether oxygens (including phenoxy) is 1. The van der Waals surface area contributed by atoms with Crippen LogP contribution in [0.2, 0.25) is 0 Å². The lowest BCUT2D eigenvalue weighted by Gasteiger charge is -2.29. The number of benzene rings is 2. The van der Waals surface area contributed by atoms with Gasteiger partial charge in [-0.2, -0.15) is 0 Å². The van der Waals surface area contributed by atoms with Crippen molar-refractivity contribution in [3.8, 4) is 11.4 Å². The summed E-state index contributed by atoms with van der Waals surface area (Å²) in [6.45, 7) is 4.18. The second kappa shape index (κ2) is 10.6. The van der Waals surface area contributed by atoms with Crippen LogP contribution in [0.15, 0.2) is 77.4 Å². The number of halogens is 1. The van der Waals surface area contributed by atoms with Crippen LogP contribution in [-0.2, 0) is 10.0 Å². The Hall–Kier alpha value is -3.41. The topological polar surface area (TPSA) is 88.5 Å². The van der Waals surface area contributed by atoms with Gasteiger partial charge in [-0.15, -0.1) is 0 Å². The monoisotopic (exact) mass is 625 g/mol. The van der Waals surface area contributed by atoms with Gasteiger partial charge in [0.25, 0.3) is 0 Å². The summed E-state index contributed by atoms with van der Waals surface area (Å²) in [5.74, 6) is 0.410. The average Bonchev–Trinajstić information content (AvgIpc) is 3.38. The summed E-state index contributed by atoms with van der Waals surface area (Å²) < 4.78 is 35.4. The molecule has 0 spiro atoms. The van der Waals surface area contributed by atoms with Crippen LogP contribution in [0.25, 0.3) is 5.69 Å². The van der Waals surface area contributed by atoms with Gasteiger partial charge in [0.05, 0.1) is 36.8 Å². The fourth-order valence-corrected chi connectivity index (χ4v) is 6.47. The lowest BCUT2D eigenvalue weighted by molar-refractivity contribution is 0.417. The van der Waals surface area contributed by atoms with Gasteiger partial charge in [0.15, 0.2) is 5.11 Å². The molecule has 0 aliphatic carbocycles. The molecule has 5 rings (SSSR count). The Bertz CT molecular complexity index is 1660. The van der Waals surface area contributed by atoms with Crippen molar-refractivity contribution in [2.75, 3.05) is 23.0 Å². The first kappa shape index (κ1) is 27.2. The van der Waals surface area contributed by atoms with E-state index in [2.05, 4.69) is 67.6 Å². The van der Waals surface area contributed by atoms with Gasteiger partial charge in [-0.05, 0) is 86.2 Å². The molecule has 1 aliphatic rings. The van der Waals surface area contributed by atoms with E-state index in [0.717, 1.165) is 44.7 Å². The van der Waals surface area contributed by atoms with Crippen molar-refractivity contribution >= 4 is 54.7 Å². The molecule has 1 aliphatic heterocycles. The van der Waals surface area contributed by atoms with Crippen LogP contribution in [0, 0.1) is 13.8 Å². The SMILES string of the molecule is COc1ccc(N2C(=S)N[C@@H](c3ccccn3)[C@@H]2c2cc(C)n(-c3cccc(Br)c3)c2C)cc1NS(C)(=O)=O. The molecule has 8 nitrogen and oxygen atoms in total. The van der Waals surface area contributed by atoms with Crippen LogP contribution in [0.4, 0.5) is 11.4 Å². The van der Waals surface area contributed by atoms with E-state index in [-0.39, 0.29) is 12.1 Å². The van der Waals surface area contributed by atoms with Gasteiger partial charge in [-0.25, -0.2) is 8.42 Å². The van der Waals surface area contributed by atoms with Crippen molar-refractivity contribution < 1.29 is 13.2 Å². The zero-order valence-electron chi connectivity index (χ0n) is 21.8. The molecule has 11 heteroatoms. The van der Waals surface area contributed by atoms with E-state index in [1.165, 1.54) is 7.11 Å². The summed E-state index contributed by atoms with van der Waals surface area (Å²) in [5.41, 5.74) is 6.16. The molecule has 1 fully saturated rings. The highest BCUT2D eigenvalue weighted by atomic mass is 79.9. The first-order valence-electron chi connectivity index (χ1n) is 12.2. The Balaban J connectivity index is 1.69.